The van der Waals surface area contributed by atoms with Crippen LogP contribution in [0.25, 0.3) is 0 Å². The molecule has 7 amide bonds. The Kier molecular flexibility index (Phi) is 41.6. The highest BCUT2D eigenvalue weighted by molar-refractivity contribution is 6.66. The third-order valence-corrected chi connectivity index (χ3v) is 21.9. The van der Waals surface area contributed by atoms with Gasteiger partial charge in [-0.15, -0.1) is 0 Å². The number of nitrogens with zero attached hydrogens (tertiary/aromatic N) is 11. The molecule has 3 aliphatic heterocycles. The molecule has 0 aliphatic carbocycles. The van der Waals surface area contributed by atoms with Crippen LogP contribution in [0.1, 0.15) is 183 Å². The minimum atomic E-state index is -0.633. The average Bonchev–Trinajstić information content (AvgIpc) is 1.59. The van der Waals surface area contributed by atoms with E-state index >= 15 is 0 Å². The number of nitriles is 1. The first kappa shape index (κ1) is 113. The second-order valence-electron chi connectivity index (χ2n) is 36.2. The highest BCUT2D eigenvalue weighted by Gasteiger charge is 2.46. The third kappa shape index (κ3) is 33.9. The minimum Gasteiger partial charge on any atom is -0.418 e. The van der Waals surface area contributed by atoms with Gasteiger partial charge in [0.25, 0.3) is 35.4 Å². The van der Waals surface area contributed by atoms with Crippen LogP contribution >= 0.6 is 11.6 Å². The molecule has 756 valence electrons. The summed E-state index contributed by atoms with van der Waals surface area (Å²) in [4.78, 5) is 133. The van der Waals surface area contributed by atoms with Gasteiger partial charge in [0, 0.05) is 124 Å². The number of hydrogen-bond acceptors (Lipinski definition) is 26. The van der Waals surface area contributed by atoms with E-state index in [4.69, 9.17) is 27.3 Å². The molecule has 0 fully saturated rings. The summed E-state index contributed by atoms with van der Waals surface area (Å²) < 4.78 is 5.00. The zero-order chi connectivity index (χ0) is 106. The van der Waals surface area contributed by atoms with Gasteiger partial charge < -0.3 is 97.2 Å². The number of ether oxygens (including phenoxy) is 1. The van der Waals surface area contributed by atoms with Crippen LogP contribution in [-0.4, -0.2) is 179 Å². The molecule has 38 nitrogen and oxygen atoms in total. The number of anilines is 10. The molecule has 144 heavy (non-hydrogen) atoms. The van der Waals surface area contributed by atoms with Crippen LogP contribution in [0, 0.1) is 31.7 Å². The summed E-state index contributed by atoms with van der Waals surface area (Å²) in [5, 5.41) is 80.8. The number of rotatable bonds is 27. The summed E-state index contributed by atoms with van der Waals surface area (Å²) >= 11 is 4.71. The number of H-pyrrole nitrogens is 3. The number of carbonyl (C=O) groups excluding carboxylic acids is 9. The van der Waals surface area contributed by atoms with Crippen molar-refractivity contribution in [3.05, 3.63) is 337 Å². The van der Waals surface area contributed by atoms with Crippen molar-refractivity contribution in [3.63, 3.8) is 0 Å². The molecule has 6 heterocycles. The zero-order valence-electron chi connectivity index (χ0n) is 83.9. The molecule has 15 rings (SSSR count). The van der Waals surface area contributed by atoms with E-state index in [1.807, 2.05) is 218 Å². The number of benzene rings is 9. The Balaban J connectivity index is 0.000000232. The Bertz CT molecular complexity index is 6400. The largest absolute Gasteiger partial charge is 0.418 e. The molecule has 0 bridgehead atoms. The maximum atomic E-state index is 13.6. The van der Waals surface area contributed by atoms with Gasteiger partial charge >= 0.3 is 12.1 Å². The first-order chi connectivity index (χ1) is 68.2. The number of nitro groups is 2. The lowest BCUT2D eigenvalue weighted by molar-refractivity contribution is -0.385. The number of ketones is 3. The van der Waals surface area contributed by atoms with Crippen molar-refractivity contribution in [3.8, 4) is 6.26 Å². The number of aromatic nitrogens is 6. The van der Waals surface area contributed by atoms with Crippen molar-refractivity contribution < 1.29 is 57.7 Å². The van der Waals surface area contributed by atoms with Crippen LogP contribution in [0.4, 0.5) is 78.2 Å². The maximum absolute atomic E-state index is 13.6. The molecule has 39 heteroatoms. The van der Waals surface area contributed by atoms with E-state index in [1.54, 1.807) is 65.8 Å². The van der Waals surface area contributed by atoms with Gasteiger partial charge in [-0.25, -0.2) is 9.59 Å². The van der Waals surface area contributed by atoms with E-state index in [0.717, 1.165) is 80.3 Å². The summed E-state index contributed by atoms with van der Waals surface area (Å²) in [6.07, 6.45) is 2.62. The fourth-order valence-corrected chi connectivity index (χ4v) is 14.9. The first-order valence-electron chi connectivity index (χ1n) is 45.6. The monoisotopic (exact) mass is 1980 g/mol. The number of amides is 7. The SMILES string of the molecule is C=CC(=O)Cl.CC(C)=O.CC(C)=O.CC(C)=O.CC1(C)NCc2c(Nc3cccc(NC(=O)c4ccc([N+](=O)[O-])cc4)c3)n[nH]c21.CN(C)C[C@@H](NC(=O)N1Cc2c(Nc3cccc(NC(=O)c4ccc(N)cc4)c3)n[nH]c2C1(C)C)c1ccccc1.CN(C)C[C@@H](NC(=O)N1Cc2c(Nc3cccc(NC(=O)c4ccc([N+](=O)[O-])cc4)c3)n[nH]c2C1(C)C)c1ccccc1.CN(C)C[C@@H](OC#N)c1ccccc1. The zero-order valence-corrected chi connectivity index (χ0v) is 84.6. The Morgan fingerprint density at radius 1 is 0.465 bits per heavy atom. The van der Waals surface area contributed by atoms with Gasteiger partial charge in [-0.1, -0.05) is 116 Å². The van der Waals surface area contributed by atoms with Gasteiger partial charge in [0.15, 0.2) is 23.6 Å². The lowest BCUT2D eigenvalue weighted by atomic mass is 10.0. The van der Waals surface area contributed by atoms with Crippen LogP contribution < -0.4 is 53.6 Å². The molecule has 0 saturated carbocycles. The molecule has 3 aromatic heterocycles. The molecule has 3 aliphatic rings. The first-order valence-corrected chi connectivity index (χ1v) is 46.0. The molecule has 3 atom stereocenters. The summed E-state index contributed by atoms with van der Waals surface area (Å²) in [6.45, 7) is 27.9. The number of fused-ring (bicyclic) bond motifs is 3. The molecule has 0 unspecified atom stereocenters. The molecule has 0 radical (unpaired) electrons. The smallest absolute Gasteiger partial charge is 0.319 e. The number of aromatic amines is 3. The van der Waals surface area contributed by atoms with Crippen molar-refractivity contribution in [2.75, 3.05) is 99.6 Å². The van der Waals surface area contributed by atoms with Crippen LogP contribution in [0.3, 0.4) is 0 Å². The molecule has 12 aromatic rings. The number of Topliss-reactive ketones (excluding diaryl/α,β-unsaturated/α-hetero) is 3. The number of hydrogen-bond donors (Lipinski definition) is 13. The van der Waals surface area contributed by atoms with Crippen molar-refractivity contribution in [2.24, 2.45) is 0 Å². The van der Waals surface area contributed by atoms with Crippen molar-refractivity contribution in [1.82, 2.24) is 71.0 Å². The summed E-state index contributed by atoms with van der Waals surface area (Å²) in [5.74, 6) is 1.51. The van der Waals surface area contributed by atoms with E-state index in [0.29, 0.717) is 89.5 Å². The highest BCUT2D eigenvalue weighted by Crippen LogP contribution is 2.44. The van der Waals surface area contributed by atoms with E-state index in [-0.39, 0.29) is 82.2 Å². The number of carbonyl (C=O) groups is 9. The minimum absolute atomic E-state index is 0.0584. The number of nitrogens with two attached hydrogens (primary N) is 1. The topological polar surface area (TPSA) is 509 Å². The van der Waals surface area contributed by atoms with Crippen molar-refractivity contribution in [2.45, 2.75) is 138 Å². The Labute approximate surface area is 842 Å². The predicted octanol–water partition coefficient (Wildman–Crippen LogP) is 18.6. The van der Waals surface area contributed by atoms with Crippen LogP contribution in [0.5, 0.6) is 0 Å². The molecule has 14 N–H and O–H groups in total. The average molecular weight is 1980 g/mol. The quantitative estimate of drug-likeness (QED) is 0.00568. The highest BCUT2D eigenvalue weighted by atomic mass is 35.5. The van der Waals surface area contributed by atoms with E-state index in [9.17, 15) is 63.4 Å². The Hall–Kier alpha value is -16.6. The van der Waals surface area contributed by atoms with E-state index in [1.165, 1.54) is 90.1 Å². The number of allylic oxidation sites excluding steroid dienone is 1. The fourth-order valence-electron chi connectivity index (χ4n) is 14.9. The van der Waals surface area contributed by atoms with E-state index < -0.39 is 26.2 Å². The number of nitrogen functional groups attached to an aromatic ring is 1. The molecule has 0 saturated heterocycles. The number of likely N-dealkylation sites (N-methyl/N-ethyl adjacent to an activating group) is 3. The number of nitro benzene ring substituents is 2. The van der Waals surface area contributed by atoms with Gasteiger partial charge in [0.05, 0.1) is 68.7 Å². The Morgan fingerprint density at radius 2 is 0.764 bits per heavy atom. The van der Waals surface area contributed by atoms with Gasteiger partial charge in [0.1, 0.15) is 17.3 Å². The molecule has 0 spiro atoms. The van der Waals surface area contributed by atoms with Crippen LogP contribution in [-0.2, 0) is 60.2 Å². The lowest BCUT2D eigenvalue weighted by Crippen LogP contribution is -2.48. The normalized spacial score (nSPS) is 13.2. The maximum Gasteiger partial charge on any atom is 0.319 e. The van der Waals surface area contributed by atoms with Crippen LogP contribution in [0.15, 0.2) is 249 Å². The summed E-state index contributed by atoms with van der Waals surface area (Å²) in [6, 6.07) is 68.5. The van der Waals surface area contributed by atoms with Gasteiger partial charge in [-0.2, -0.15) is 20.6 Å². The summed E-state index contributed by atoms with van der Waals surface area (Å²) in [5.41, 5.74) is 18.8. The molecule has 9 aromatic carbocycles. The van der Waals surface area contributed by atoms with Crippen molar-refractivity contribution >= 4 is 133 Å². The van der Waals surface area contributed by atoms with Gasteiger partial charge in [-0.05, 0) is 263 Å². The van der Waals surface area contributed by atoms with Crippen LogP contribution in [0.2, 0.25) is 0 Å². The second-order valence-corrected chi connectivity index (χ2v) is 36.6. The van der Waals surface area contributed by atoms with Gasteiger partial charge in [-0.3, -0.25) is 54.7 Å². The number of non-ortho nitro benzene ring substituents is 2. The Morgan fingerprint density at radius 3 is 1.07 bits per heavy atom. The molecular formula is C105H125ClN24O14. The number of urea groups is 2. The molecular weight excluding hydrogens is 1860 g/mol. The standard InChI is InChI=1S/C31H34N8O4.C31H36N8O2.C20H20N6O3.C11H14N2O.C3H3ClO.3C3H6O/c1-31(2)27-25(18-38(31)30(41)34-26(19-37(3)4)20-9-6-5-7-10-20)28(36-35-27)32-22-11-8-12-23(17-22)33-29(40)21-13-15-24(16-14-21)39(42)43;1-31(2)27-25(18-39(31)30(41)35-26(19-38(3)4)20-9-6-5-7-10-20)28(37-36-27)33-23-11-8-12-24(17-23)34-29(40)21-13-15-22(32)16-14-21;1-20(2)17-16(11-21-20)18(25-24-17)22-13-4-3-5-14(10-13)23-19(27)12-6-8-15(9-7-12)26(28)29;1-13(2)8-11(14-9-12)10-6-4-3-5-7-10;1-2-3(4)5;3*1-3(2)4/h5-17,26H,18-19H2,1-4H3,(H,33,40)(H,34,41)(H2,32,35,36);5-17,26H,18-19,32H2,1-4H3,(H,34,40)(H,35,41)(H2,33,36,37);3-10,21H,11H2,1-2H3,(H,23,27)(H2,22,24,25);3-7,11H,8H2,1-2H3;2H,1H2;3*1-2H3/t2*26-;;11-;;;;/m11.1..../s1. The second kappa shape index (κ2) is 53.1. The van der Waals surface area contributed by atoms with Gasteiger partial charge in [0.2, 0.25) is 5.24 Å². The van der Waals surface area contributed by atoms with E-state index in [2.05, 4.69) is 104 Å². The lowest BCUT2D eigenvalue weighted by Gasteiger charge is -2.34. The van der Waals surface area contributed by atoms with Crippen molar-refractivity contribution in [1.29, 1.82) is 5.26 Å². The predicted molar refractivity (Wildman–Crippen MR) is 560 cm³/mol. The number of nitrogens with one attached hydrogen (secondary N) is 12. The summed E-state index contributed by atoms with van der Waals surface area (Å²) in [7, 11) is 11.9. The number of halogens is 1. The third-order valence-electron chi connectivity index (χ3n) is 21.8. The fraction of sp³-hybridized carbons (Fsp3) is 0.286.